The number of phosphoric ester groups is 1. The van der Waals surface area contributed by atoms with Crippen LogP contribution in [-0.2, 0) is 32.7 Å². The molecule has 0 aromatic rings. The van der Waals surface area contributed by atoms with Gasteiger partial charge in [0.05, 0.1) is 13.2 Å². The van der Waals surface area contributed by atoms with Gasteiger partial charge in [-0.2, -0.15) is 0 Å². The summed E-state index contributed by atoms with van der Waals surface area (Å²) >= 11 is 0. The quantitative estimate of drug-likeness (QED) is 0.0264. The van der Waals surface area contributed by atoms with Gasteiger partial charge in [-0.05, 0) is 64.2 Å². The van der Waals surface area contributed by atoms with Gasteiger partial charge in [0.2, 0.25) is 0 Å². The summed E-state index contributed by atoms with van der Waals surface area (Å²) in [5, 5.41) is 0. The molecule has 0 bridgehead atoms. The van der Waals surface area contributed by atoms with Crippen molar-refractivity contribution in [1.82, 2.24) is 0 Å². The van der Waals surface area contributed by atoms with E-state index in [-0.39, 0.29) is 38.6 Å². The van der Waals surface area contributed by atoms with Crippen molar-refractivity contribution in [3.63, 3.8) is 0 Å². The highest BCUT2D eigenvalue weighted by Crippen LogP contribution is 2.43. The van der Waals surface area contributed by atoms with E-state index in [4.69, 9.17) is 24.3 Å². The predicted octanol–water partition coefficient (Wildman–Crippen LogP) is 26.7. The molecule has 538 valence electrons. The summed E-state index contributed by atoms with van der Waals surface area (Å²) in [6, 6.07) is 0. The minimum absolute atomic E-state index is 0.0534. The van der Waals surface area contributed by atoms with Gasteiger partial charge in [-0.1, -0.05) is 401 Å². The molecule has 10 heteroatoms. The first kappa shape index (κ1) is 89.5. The number of phosphoric acid groups is 1. The number of allylic oxidation sites excluding steroid dienone is 12. The van der Waals surface area contributed by atoms with Gasteiger partial charge in [0.25, 0.3) is 0 Å². The fraction of sp³-hybridized carbons (Fsp3) is 0.829. The highest BCUT2D eigenvalue weighted by atomic mass is 31.2. The van der Waals surface area contributed by atoms with Crippen LogP contribution in [0.25, 0.3) is 0 Å². The van der Waals surface area contributed by atoms with E-state index >= 15 is 0 Å². The van der Waals surface area contributed by atoms with E-state index < -0.39 is 26.5 Å². The maximum absolute atomic E-state index is 12.8. The number of carbonyl (C=O) groups excluding carboxylic acids is 2. The van der Waals surface area contributed by atoms with Crippen molar-refractivity contribution >= 4 is 19.8 Å². The number of nitrogens with two attached hydrogens (primary N) is 1. The average Bonchev–Trinajstić information content (AvgIpc) is 3.01. The normalized spacial score (nSPS) is 13.2. The van der Waals surface area contributed by atoms with E-state index in [1.807, 2.05) is 0 Å². The highest BCUT2D eigenvalue weighted by Gasteiger charge is 2.26. The topological polar surface area (TPSA) is 134 Å². The standard InChI is InChI=1S/C82H152NO8P/c1-3-5-7-9-11-13-15-17-19-21-23-25-27-29-31-33-35-37-38-39-40-41-43-44-46-48-50-52-54-56-58-60-62-64-66-68-70-72-74-81(84)88-78-80(79-90-92(86,87)89-77-76-83)91-82(85)75-73-71-69-67-65-63-61-59-57-55-53-51-49-47-45-42-36-34-32-30-28-26-24-22-20-18-16-14-12-10-8-6-4-2/h6,8,12,14,18,20,24,26,30,32,36,42,80H,3-5,7,9-11,13,15-17,19,21-23,25,27-29,31,33-35,37-41,43-79,83H2,1-2H3,(H,86,87)/b8-6-,14-12-,20-18-,26-24-,32-30-,42-36-. The van der Waals surface area contributed by atoms with Crippen molar-refractivity contribution in [1.29, 1.82) is 0 Å². The van der Waals surface area contributed by atoms with Crippen LogP contribution in [-0.4, -0.2) is 49.3 Å². The number of esters is 2. The molecule has 2 atom stereocenters. The van der Waals surface area contributed by atoms with Crippen molar-refractivity contribution in [2.45, 2.75) is 412 Å². The van der Waals surface area contributed by atoms with Gasteiger partial charge < -0.3 is 20.1 Å². The van der Waals surface area contributed by atoms with Crippen LogP contribution in [0, 0.1) is 0 Å². The molecule has 0 aliphatic carbocycles. The Balaban J connectivity index is 3.77. The summed E-state index contributed by atoms with van der Waals surface area (Å²) in [4.78, 5) is 35.5. The third-order valence-electron chi connectivity index (χ3n) is 17.9. The SMILES string of the molecule is CC/C=C\C/C=C\C/C=C\C/C=C\C/C=C\C/C=C\CCCCCCCCCCCCCCCCC(=O)OC(COC(=O)CCCCCCCCCCCCCCCCCCCCCCCCCCCCCCCCCCCCCCCC)COP(=O)(O)OCCN. The van der Waals surface area contributed by atoms with Gasteiger partial charge in [0.1, 0.15) is 6.61 Å². The summed E-state index contributed by atoms with van der Waals surface area (Å²) in [5.41, 5.74) is 5.41. The lowest BCUT2D eigenvalue weighted by Gasteiger charge is -2.19. The molecule has 0 aromatic heterocycles. The van der Waals surface area contributed by atoms with Crippen LogP contribution in [0.5, 0.6) is 0 Å². The Morgan fingerprint density at radius 1 is 0.337 bits per heavy atom. The molecule has 0 aliphatic heterocycles. The molecule has 0 fully saturated rings. The molecular formula is C82H152NO8P. The minimum Gasteiger partial charge on any atom is -0.462 e. The molecule has 9 nitrogen and oxygen atoms in total. The molecule has 0 amide bonds. The molecule has 0 spiro atoms. The lowest BCUT2D eigenvalue weighted by Crippen LogP contribution is -2.29. The smallest absolute Gasteiger partial charge is 0.462 e. The molecule has 0 saturated carbocycles. The van der Waals surface area contributed by atoms with Crippen molar-refractivity contribution < 1.29 is 37.6 Å². The number of carbonyl (C=O) groups is 2. The van der Waals surface area contributed by atoms with Crippen molar-refractivity contribution in [2.75, 3.05) is 26.4 Å². The Morgan fingerprint density at radius 2 is 0.598 bits per heavy atom. The lowest BCUT2D eigenvalue weighted by molar-refractivity contribution is -0.161. The van der Waals surface area contributed by atoms with E-state index in [1.165, 1.54) is 295 Å². The van der Waals surface area contributed by atoms with Crippen LogP contribution in [0.3, 0.4) is 0 Å². The molecule has 2 unspecified atom stereocenters. The molecule has 0 rings (SSSR count). The van der Waals surface area contributed by atoms with Crippen LogP contribution in [0.1, 0.15) is 406 Å². The zero-order valence-electron chi connectivity index (χ0n) is 60.8. The van der Waals surface area contributed by atoms with Crippen LogP contribution in [0.4, 0.5) is 0 Å². The summed E-state index contributed by atoms with van der Waals surface area (Å²) in [5.74, 6) is -0.810. The molecule has 0 aromatic carbocycles. The van der Waals surface area contributed by atoms with E-state index in [9.17, 15) is 19.0 Å². The summed E-state index contributed by atoms with van der Waals surface area (Å²) in [7, 11) is -4.40. The summed E-state index contributed by atoms with van der Waals surface area (Å²) in [6.07, 6.45) is 103. The van der Waals surface area contributed by atoms with Gasteiger partial charge in [-0.15, -0.1) is 0 Å². The molecule has 3 N–H and O–H groups in total. The Morgan fingerprint density at radius 3 is 0.891 bits per heavy atom. The number of unbranched alkanes of at least 4 members (excludes halogenated alkanes) is 51. The van der Waals surface area contributed by atoms with E-state index in [0.717, 1.165) is 77.0 Å². The number of hydrogen-bond acceptors (Lipinski definition) is 8. The van der Waals surface area contributed by atoms with E-state index in [2.05, 4.69) is 86.8 Å². The number of ether oxygens (including phenoxy) is 2. The van der Waals surface area contributed by atoms with Gasteiger partial charge in [0, 0.05) is 19.4 Å². The Hall–Kier alpha value is -2.55. The minimum atomic E-state index is -4.40. The molecular weight excluding hydrogens is 1160 g/mol. The summed E-state index contributed by atoms with van der Waals surface area (Å²) in [6.45, 7) is 3.70. The monoisotopic (exact) mass is 1310 g/mol. The van der Waals surface area contributed by atoms with Gasteiger partial charge >= 0.3 is 19.8 Å². The largest absolute Gasteiger partial charge is 0.472 e. The van der Waals surface area contributed by atoms with Crippen LogP contribution < -0.4 is 5.73 Å². The van der Waals surface area contributed by atoms with Gasteiger partial charge in [-0.25, -0.2) is 4.57 Å². The Bertz CT molecular complexity index is 1740. The zero-order valence-corrected chi connectivity index (χ0v) is 61.7. The van der Waals surface area contributed by atoms with Crippen molar-refractivity contribution in [3.05, 3.63) is 72.9 Å². The lowest BCUT2D eigenvalue weighted by atomic mass is 10.0. The molecule has 0 radical (unpaired) electrons. The second-order valence-electron chi connectivity index (χ2n) is 26.9. The maximum atomic E-state index is 12.8. The third kappa shape index (κ3) is 76.5. The second-order valence-corrected chi connectivity index (χ2v) is 28.4. The van der Waals surface area contributed by atoms with Crippen LogP contribution in [0.15, 0.2) is 72.9 Å². The highest BCUT2D eigenvalue weighted by molar-refractivity contribution is 7.47. The van der Waals surface area contributed by atoms with Gasteiger partial charge in [-0.3, -0.25) is 18.6 Å². The number of rotatable bonds is 76. The van der Waals surface area contributed by atoms with Crippen molar-refractivity contribution in [3.8, 4) is 0 Å². The molecule has 92 heavy (non-hydrogen) atoms. The maximum Gasteiger partial charge on any atom is 0.472 e. The molecule has 0 heterocycles. The first-order chi connectivity index (χ1) is 45.3. The van der Waals surface area contributed by atoms with Crippen LogP contribution in [0.2, 0.25) is 0 Å². The van der Waals surface area contributed by atoms with Gasteiger partial charge in [0.15, 0.2) is 6.10 Å². The van der Waals surface area contributed by atoms with E-state index in [0.29, 0.717) is 6.42 Å². The Labute approximate surface area is 571 Å². The second kappa shape index (κ2) is 77.5. The first-order valence-corrected chi connectivity index (χ1v) is 41.4. The average molecular weight is 1310 g/mol. The third-order valence-corrected chi connectivity index (χ3v) is 18.8. The molecule has 0 aliphatic rings. The first-order valence-electron chi connectivity index (χ1n) is 39.9. The summed E-state index contributed by atoms with van der Waals surface area (Å²) < 4.78 is 33.3. The zero-order chi connectivity index (χ0) is 66.5. The van der Waals surface area contributed by atoms with E-state index in [1.54, 1.807) is 0 Å². The Kier molecular flexibility index (Phi) is 75.3. The fourth-order valence-electron chi connectivity index (χ4n) is 12.0. The fourth-order valence-corrected chi connectivity index (χ4v) is 12.8. The van der Waals surface area contributed by atoms with Crippen LogP contribution >= 0.6 is 7.82 Å². The molecule has 0 saturated heterocycles. The van der Waals surface area contributed by atoms with Crippen molar-refractivity contribution in [2.24, 2.45) is 5.73 Å². The number of hydrogen-bond donors (Lipinski definition) is 2. The predicted molar refractivity (Wildman–Crippen MR) is 399 cm³/mol.